The molecule has 21 heavy (non-hydrogen) atoms. The summed E-state index contributed by atoms with van der Waals surface area (Å²) in [5, 5.41) is 10.4. The molecule has 2 unspecified atom stereocenters. The molecule has 0 aliphatic rings. The van der Waals surface area contributed by atoms with Crippen molar-refractivity contribution in [1.82, 2.24) is 4.90 Å². The molecule has 0 bridgehead atoms. The largest absolute Gasteiger partial charge is 0.457 e. The minimum Gasteiger partial charge on any atom is -0.457 e. The molecular weight excluding hydrogens is 262 g/mol. The SMILES string of the molecule is CC(CN(C)C)C(O)c1ccc(Oc2ccccc2)cc1. The molecule has 0 saturated heterocycles. The molecule has 0 heterocycles. The molecule has 0 aliphatic heterocycles. The van der Waals surface area contributed by atoms with Gasteiger partial charge in [0.1, 0.15) is 11.5 Å². The molecule has 0 aromatic heterocycles. The van der Waals surface area contributed by atoms with Crippen molar-refractivity contribution in [2.45, 2.75) is 13.0 Å². The van der Waals surface area contributed by atoms with Crippen LogP contribution in [0.4, 0.5) is 0 Å². The number of hydrogen-bond acceptors (Lipinski definition) is 3. The van der Waals surface area contributed by atoms with Gasteiger partial charge in [-0.25, -0.2) is 0 Å². The van der Waals surface area contributed by atoms with Crippen molar-refractivity contribution in [2.24, 2.45) is 5.92 Å². The topological polar surface area (TPSA) is 32.7 Å². The van der Waals surface area contributed by atoms with Gasteiger partial charge in [-0.3, -0.25) is 0 Å². The van der Waals surface area contributed by atoms with E-state index >= 15 is 0 Å². The van der Waals surface area contributed by atoms with Gasteiger partial charge in [-0.2, -0.15) is 0 Å². The van der Waals surface area contributed by atoms with Crippen molar-refractivity contribution < 1.29 is 9.84 Å². The van der Waals surface area contributed by atoms with Gasteiger partial charge >= 0.3 is 0 Å². The Morgan fingerprint density at radius 1 is 0.952 bits per heavy atom. The number of nitrogens with zero attached hydrogens (tertiary/aromatic N) is 1. The predicted octanol–water partition coefficient (Wildman–Crippen LogP) is 3.71. The van der Waals surface area contributed by atoms with Crippen molar-refractivity contribution in [3.63, 3.8) is 0 Å². The van der Waals surface area contributed by atoms with Gasteiger partial charge < -0.3 is 14.7 Å². The predicted molar refractivity (Wildman–Crippen MR) is 85.6 cm³/mol. The van der Waals surface area contributed by atoms with Crippen molar-refractivity contribution in [3.8, 4) is 11.5 Å². The lowest BCUT2D eigenvalue weighted by atomic mass is 9.97. The fourth-order valence-electron chi connectivity index (χ4n) is 2.36. The standard InChI is InChI=1S/C18H23NO2/c1-14(13-19(2)3)18(20)15-9-11-17(12-10-15)21-16-7-5-4-6-8-16/h4-12,14,18,20H,13H2,1-3H3. The molecule has 112 valence electrons. The van der Waals surface area contributed by atoms with E-state index in [0.29, 0.717) is 0 Å². The molecule has 3 heteroatoms. The molecule has 0 aliphatic carbocycles. The Morgan fingerprint density at radius 3 is 2.10 bits per heavy atom. The average molecular weight is 285 g/mol. The van der Waals surface area contributed by atoms with Crippen LogP contribution in [0.2, 0.25) is 0 Å². The van der Waals surface area contributed by atoms with E-state index in [9.17, 15) is 5.11 Å². The maximum atomic E-state index is 10.4. The van der Waals surface area contributed by atoms with Crippen molar-refractivity contribution in [1.29, 1.82) is 0 Å². The van der Waals surface area contributed by atoms with Crippen LogP contribution in [0.1, 0.15) is 18.6 Å². The van der Waals surface area contributed by atoms with E-state index in [-0.39, 0.29) is 5.92 Å². The monoisotopic (exact) mass is 285 g/mol. The highest BCUT2D eigenvalue weighted by atomic mass is 16.5. The molecule has 2 aromatic rings. The van der Waals surface area contributed by atoms with Gasteiger partial charge in [0.05, 0.1) is 6.10 Å². The lowest BCUT2D eigenvalue weighted by molar-refractivity contribution is 0.100. The minimum absolute atomic E-state index is 0.181. The van der Waals surface area contributed by atoms with Gasteiger partial charge in [0.15, 0.2) is 0 Å². The van der Waals surface area contributed by atoms with E-state index in [0.717, 1.165) is 23.6 Å². The van der Waals surface area contributed by atoms with Crippen LogP contribution < -0.4 is 4.74 Å². The van der Waals surface area contributed by atoms with Gasteiger partial charge in [0.2, 0.25) is 0 Å². The van der Waals surface area contributed by atoms with Crippen LogP contribution in [0.15, 0.2) is 54.6 Å². The summed E-state index contributed by atoms with van der Waals surface area (Å²) in [5.74, 6) is 1.77. The van der Waals surface area contributed by atoms with Crippen LogP contribution in [0.3, 0.4) is 0 Å². The number of para-hydroxylation sites is 1. The van der Waals surface area contributed by atoms with E-state index in [1.165, 1.54) is 0 Å². The molecular formula is C18H23NO2. The zero-order valence-electron chi connectivity index (χ0n) is 12.9. The van der Waals surface area contributed by atoms with Crippen molar-refractivity contribution in [2.75, 3.05) is 20.6 Å². The second-order valence-electron chi connectivity index (χ2n) is 5.67. The van der Waals surface area contributed by atoms with E-state index in [1.54, 1.807) is 0 Å². The number of hydrogen-bond donors (Lipinski definition) is 1. The van der Waals surface area contributed by atoms with Crippen LogP contribution in [-0.4, -0.2) is 30.6 Å². The summed E-state index contributed by atoms with van der Waals surface area (Å²) in [6.45, 7) is 2.91. The Kier molecular flexibility index (Phi) is 5.37. The summed E-state index contributed by atoms with van der Waals surface area (Å²) < 4.78 is 5.75. The third kappa shape index (κ3) is 4.59. The molecule has 2 aromatic carbocycles. The van der Waals surface area contributed by atoms with Gasteiger partial charge in [-0.15, -0.1) is 0 Å². The van der Waals surface area contributed by atoms with E-state index < -0.39 is 6.10 Å². The van der Waals surface area contributed by atoms with Crippen molar-refractivity contribution in [3.05, 3.63) is 60.2 Å². The zero-order chi connectivity index (χ0) is 15.2. The van der Waals surface area contributed by atoms with E-state index in [1.807, 2.05) is 68.7 Å². The Bertz CT molecular complexity index is 537. The Labute approximate surface area is 126 Å². The minimum atomic E-state index is -0.460. The maximum absolute atomic E-state index is 10.4. The molecule has 3 nitrogen and oxygen atoms in total. The lowest BCUT2D eigenvalue weighted by Gasteiger charge is -2.22. The van der Waals surface area contributed by atoms with E-state index in [4.69, 9.17) is 4.74 Å². The maximum Gasteiger partial charge on any atom is 0.127 e. The second kappa shape index (κ2) is 7.25. The molecule has 2 rings (SSSR count). The molecule has 0 amide bonds. The van der Waals surface area contributed by atoms with Gasteiger partial charge in [0, 0.05) is 6.54 Å². The Hall–Kier alpha value is -1.84. The summed E-state index contributed by atoms with van der Waals surface area (Å²) in [7, 11) is 4.03. The van der Waals surface area contributed by atoms with Crippen LogP contribution in [0, 0.1) is 5.92 Å². The summed E-state index contributed by atoms with van der Waals surface area (Å²) in [6.07, 6.45) is -0.460. The molecule has 0 saturated carbocycles. The number of rotatable bonds is 6. The summed E-state index contributed by atoms with van der Waals surface area (Å²) >= 11 is 0. The Balaban J connectivity index is 2.01. The first-order valence-corrected chi connectivity index (χ1v) is 7.22. The molecule has 1 N–H and O–H groups in total. The normalized spacial score (nSPS) is 14.0. The Morgan fingerprint density at radius 2 is 1.52 bits per heavy atom. The number of ether oxygens (including phenoxy) is 1. The summed E-state index contributed by atoms with van der Waals surface area (Å²) in [4.78, 5) is 2.08. The summed E-state index contributed by atoms with van der Waals surface area (Å²) in [6, 6.07) is 17.3. The molecule has 0 radical (unpaired) electrons. The fraction of sp³-hybridized carbons (Fsp3) is 0.333. The molecule has 0 spiro atoms. The van der Waals surface area contributed by atoms with Crippen LogP contribution in [0.5, 0.6) is 11.5 Å². The average Bonchev–Trinajstić information content (AvgIpc) is 2.47. The lowest BCUT2D eigenvalue weighted by Crippen LogP contribution is -2.24. The van der Waals surface area contributed by atoms with Gasteiger partial charge in [-0.05, 0) is 49.8 Å². The molecule has 2 atom stereocenters. The zero-order valence-corrected chi connectivity index (χ0v) is 12.9. The number of benzene rings is 2. The van der Waals surface area contributed by atoms with Crippen LogP contribution >= 0.6 is 0 Å². The highest BCUT2D eigenvalue weighted by molar-refractivity contribution is 5.33. The van der Waals surface area contributed by atoms with E-state index in [2.05, 4.69) is 11.8 Å². The highest BCUT2D eigenvalue weighted by Crippen LogP contribution is 2.26. The molecule has 0 fully saturated rings. The van der Waals surface area contributed by atoms with Gasteiger partial charge in [-0.1, -0.05) is 37.3 Å². The first-order valence-electron chi connectivity index (χ1n) is 7.22. The summed E-state index contributed by atoms with van der Waals surface area (Å²) in [5.41, 5.74) is 0.921. The first-order chi connectivity index (χ1) is 10.1. The third-order valence-electron chi connectivity index (χ3n) is 3.39. The smallest absolute Gasteiger partial charge is 0.127 e. The van der Waals surface area contributed by atoms with Crippen LogP contribution in [0.25, 0.3) is 0 Å². The second-order valence-corrected chi connectivity index (χ2v) is 5.67. The third-order valence-corrected chi connectivity index (χ3v) is 3.39. The first kappa shape index (κ1) is 15.5. The quantitative estimate of drug-likeness (QED) is 0.878. The number of aliphatic hydroxyl groups is 1. The fourth-order valence-corrected chi connectivity index (χ4v) is 2.36. The highest BCUT2D eigenvalue weighted by Gasteiger charge is 2.17. The van der Waals surface area contributed by atoms with Gasteiger partial charge in [0.25, 0.3) is 0 Å². The van der Waals surface area contributed by atoms with Crippen LogP contribution in [-0.2, 0) is 0 Å². The number of aliphatic hydroxyl groups excluding tert-OH is 1. The van der Waals surface area contributed by atoms with Crippen molar-refractivity contribution >= 4 is 0 Å².